The molecule has 0 saturated carbocycles. The number of piperazine rings is 1. The van der Waals surface area contributed by atoms with Gasteiger partial charge in [-0.2, -0.15) is 13.2 Å². The minimum Gasteiger partial charge on any atom is -0.334 e. The predicted octanol–water partition coefficient (Wildman–Crippen LogP) is 3.19. The lowest BCUT2D eigenvalue weighted by atomic mass is 9.88. The van der Waals surface area contributed by atoms with Gasteiger partial charge < -0.3 is 4.90 Å². The lowest BCUT2D eigenvalue weighted by molar-refractivity contribution is -0.157. The number of carbonyl (C=O) groups is 1. The van der Waals surface area contributed by atoms with Crippen LogP contribution in [0.2, 0.25) is 0 Å². The largest absolute Gasteiger partial charge is 0.389 e. The highest BCUT2D eigenvalue weighted by Crippen LogP contribution is 2.33. The van der Waals surface area contributed by atoms with E-state index in [1.54, 1.807) is 4.90 Å². The first-order chi connectivity index (χ1) is 9.58. The van der Waals surface area contributed by atoms with Crippen molar-refractivity contribution in [1.29, 1.82) is 0 Å². The van der Waals surface area contributed by atoms with Gasteiger partial charge in [0.15, 0.2) is 0 Å². The van der Waals surface area contributed by atoms with E-state index in [2.05, 4.69) is 25.7 Å². The summed E-state index contributed by atoms with van der Waals surface area (Å²) in [5, 5.41) is 0. The molecule has 0 radical (unpaired) electrons. The molecule has 0 spiro atoms. The first kappa shape index (κ1) is 16.6. The molecule has 21 heavy (non-hydrogen) atoms. The second-order valence-corrected chi connectivity index (χ2v) is 7.23. The molecular weight excluding hydrogens is 281 g/mol. The van der Waals surface area contributed by atoms with Crippen LogP contribution in [0.25, 0.3) is 0 Å². The number of fused-ring (bicyclic) bond motifs is 2. The zero-order valence-electron chi connectivity index (χ0n) is 13.0. The van der Waals surface area contributed by atoms with E-state index in [4.69, 9.17) is 0 Å². The molecule has 0 N–H and O–H groups in total. The molecule has 0 aromatic carbocycles. The molecule has 0 aliphatic carbocycles. The second kappa shape index (κ2) is 5.78. The van der Waals surface area contributed by atoms with Crippen molar-refractivity contribution in [2.45, 2.75) is 76.7 Å². The molecule has 2 heterocycles. The summed E-state index contributed by atoms with van der Waals surface area (Å²) in [6.45, 7) is 7.98. The van der Waals surface area contributed by atoms with Crippen LogP contribution in [-0.4, -0.2) is 52.6 Å². The summed E-state index contributed by atoms with van der Waals surface area (Å²) in [6, 6.07) is 0.162. The van der Waals surface area contributed by atoms with Gasteiger partial charge in [-0.25, -0.2) is 0 Å². The first-order valence-electron chi connectivity index (χ1n) is 7.71. The van der Waals surface area contributed by atoms with E-state index in [1.807, 2.05) is 0 Å². The summed E-state index contributed by atoms with van der Waals surface area (Å²) in [7, 11) is 0. The van der Waals surface area contributed by atoms with Crippen LogP contribution in [0, 0.1) is 0 Å². The average Bonchev–Trinajstić information content (AvgIpc) is 2.32. The number of nitrogens with zero attached hydrogens (tertiary/aromatic N) is 2. The summed E-state index contributed by atoms with van der Waals surface area (Å²) in [5.74, 6) is -0.324. The van der Waals surface area contributed by atoms with E-state index >= 15 is 0 Å². The van der Waals surface area contributed by atoms with Crippen molar-refractivity contribution in [2.75, 3.05) is 13.1 Å². The van der Waals surface area contributed by atoms with E-state index in [0.29, 0.717) is 0 Å². The van der Waals surface area contributed by atoms with Crippen molar-refractivity contribution in [1.82, 2.24) is 9.80 Å². The minimum atomic E-state index is -4.25. The molecule has 2 rings (SSSR count). The van der Waals surface area contributed by atoms with Crippen molar-refractivity contribution in [3.63, 3.8) is 0 Å². The van der Waals surface area contributed by atoms with E-state index < -0.39 is 19.0 Å². The van der Waals surface area contributed by atoms with Gasteiger partial charge in [-0.1, -0.05) is 0 Å². The summed E-state index contributed by atoms with van der Waals surface area (Å²) < 4.78 is 36.9. The van der Waals surface area contributed by atoms with Gasteiger partial charge in [-0.15, -0.1) is 0 Å². The quantitative estimate of drug-likeness (QED) is 0.782. The summed E-state index contributed by atoms with van der Waals surface area (Å²) >= 11 is 0. The molecule has 2 aliphatic heterocycles. The maximum atomic E-state index is 12.3. The van der Waals surface area contributed by atoms with Crippen LogP contribution in [-0.2, 0) is 4.79 Å². The SMILES string of the molecule is CC(C)(C)N1CC2CCCC(C1)N2C(=O)CCC(F)(F)F. The molecule has 2 atom stereocenters. The molecule has 3 nitrogen and oxygen atoms in total. The fourth-order valence-electron chi connectivity index (χ4n) is 3.44. The predicted molar refractivity (Wildman–Crippen MR) is 74.9 cm³/mol. The number of likely N-dealkylation sites (tertiary alicyclic amines) is 1. The Morgan fingerprint density at radius 2 is 1.62 bits per heavy atom. The molecule has 2 saturated heterocycles. The number of hydrogen-bond acceptors (Lipinski definition) is 2. The van der Waals surface area contributed by atoms with Crippen molar-refractivity contribution < 1.29 is 18.0 Å². The fraction of sp³-hybridized carbons (Fsp3) is 0.933. The van der Waals surface area contributed by atoms with Crippen LogP contribution in [0.3, 0.4) is 0 Å². The Balaban J connectivity index is 2.03. The monoisotopic (exact) mass is 306 g/mol. The van der Waals surface area contributed by atoms with Crippen LogP contribution in [0.5, 0.6) is 0 Å². The van der Waals surface area contributed by atoms with Crippen LogP contribution >= 0.6 is 0 Å². The molecule has 2 bridgehead atoms. The normalized spacial score (nSPS) is 27.8. The van der Waals surface area contributed by atoms with Gasteiger partial charge in [-0.05, 0) is 40.0 Å². The Morgan fingerprint density at radius 1 is 1.10 bits per heavy atom. The van der Waals surface area contributed by atoms with Crippen LogP contribution in [0.15, 0.2) is 0 Å². The number of hydrogen-bond donors (Lipinski definition) is 0. The van der Waals surface area contributed by atoms with E-state index in [-0.39, 0.29) is 23.5 Å². The van der Waals surface area contributed by atoms with Gasteiger partial charge >= 0.3 is 6.18 Å². The number of halogens is 3. The number of piperidine rings is 1. The molecule has 122 valence electrons. The fourth-order valence-corrected chi connectivity index (χ4v) is 3.44. The van der Waals surface area contributed by atoms with Crippen LogP contribution < -0.4 is 0 Å². The lowest BCUT2D eigenvalue weighted by Crippen LogP contribution is -2.65. The summed E-state index contributed by atoms with van der Waals surface area (Å²) in [4.78, 5) is 16.3. The van der Waals surface area contributed by atoms with Gasteiger partial charge in [0.2, 0.25) is 5.91 Å². The molecule has 6 heteroatoms. The highest BCUT2D eigenvalue weighted by molar-refractivity contribution is 5.77. The Bertz CT molecular complexity index is 375. The molecule has 0 aromatic heterocycles. The highest BCUT2D eigenvalue weighted by Gasteiger charge is 2.43. The molecule has 2 aliphatic rings. The molecule has 2 fully saturated rings. The molecular formula is C15H25F3N2O. The standard InChI is InChI=1S/C15H25F3N2O/c1-14(2,3)19-9-11-5-4-6-12(10-19)20(11)13(21)7-8-15(16,17)18/h11-12H,4-10H2,1-3H3. The maximum absolute atomic E-state index is 12.3. The molecule has 2 unspecified atom stereocenters. The van der Waals surface area contributed by atoms with Crippen LogP contribution in [0.1, 0.15) is 52.9 Å². The number of alkyl halides is 3. The number of amides is 1. The second-order valence-electron chi connectivity index (χ2n) is 7.23. The summed E-state index contributed by atoms with van der Waals surface area (Å²) in [5.41, 5.74) is 0.0367. The number of rotatable bonds is 2. The van der Waals surface area contributed by atoms with Gasteiger partial charge in [-0.3, -0.25) is 9.69 Å². The molecule has 1 amide bonds. The maximum Gasteiger partial charge on any atom is 0.389 e. The van der Waals surface area contributed by atoms with Gasteiger partial charge in [0.05, 0.1) is 6.42 Å². The Kier molecular flexibility index (Phi) is 4.57. The third kappa shape index (κ3) is 4.11. The lowest BCUT2D eigenvalue weighted by Gasteiger charge is -2.53. The first-order valence-corrected chi connectivity index (χ1v) is 7.71. The highest BCUT2D eigenvalue weighted by atomic mass is 19.4. The summed E-state index contributed by atoms with van der Waals surface area (Å²) in [6.07, 6.45) is -2.80. The van der Waals surface area contributed by atoms with Gasteiger partial charge in [0.1, 0.15) is 0 Å². The van der Waals surface area contributed by atoms with Crippen molar-refractivity contribution in [2.24, 2.45) is 0 Å². The van der Waals surface area contributed by atoms with Crippen LogP contribution in [0.4, 0.5) is 13.2 Å². The average molecular weight is 306 g/mol. The van der Waals surface area contributed by atoms with Crippen molar-refractivity contribution in [3.8, 4) is 0 Å². The Labute approximate surface area is 124 Å². The Hall–Kier alpha value is -0.780. The third-order valence-corrected chi connectivity index (χ3v) is 4.58. The topological polar surface area (TPSA) is 23.6 Å². The van der Waals surface area contributed by atoms with Crippen molar-refractivity contribution >= 4 is 5.91 Å². The smallest absolute Gasteiger partial charge is 0.334 e. The number of carbonyl (C=O) groups excluding carboxylic acids is 1. The van der Waals surface area contributed by atoms with Gasteiger partial charge in [0.25, 0.3) is 0 Å². The van der Waals surface area contributed by atoms with E-state index in [9.17, 15) is 18.0 Å². The minimum absolute atomic E-state index is 0.0367. The van der Waals surface area contributed by atoms with E-state index in [1.165, 1.54) is 0 Å². The zero-order chi connectivity index (χ0) is 15.8. The third-order valence-electron chi connectivity index (χ3n) is 4.58. The van der Waals surface area contributed by atoms with Crippen molar-refractivity contribution in [3.05, 3.63) is 0 Å². The Morgan fingerprint density at radius 3 is 2.05 bits per heavy atom. The zero-order valence-corrected chi connectivity index (χ0v) is 13.0. The van der Waals surface area contributed by atoms with E-state index in [0.717, 1.165) is 32.4 Å². The molecule has 0 aromatic rings. The van der Waals surface area contributed by atoms with Gasteiger partial charge in [0, 0.05) is 37.1 Å².